The Morgan fingerprint density at radius 1 is 0.833 bits per heavy atom. The molecule has 0 saturated heterocycles. The van der Waals surface area contributed by atoms with Crippen LogP contribution in [0, 0.1) is 0 Å². The number of hydrogen-bond donors (Lipinski definition) is 0. The Morgan fingerprint density at radius 2 is 1.46 bits per heavy atom. The Bertz CT molecular complexity index is 814. The third-order valence-corrected chi connectivity index (χ3v) is 3.59. The maximum atomic E-state index is 12.1. The largest absolute Gasteiger partial charge is 1.00 e. The first-order chi connectivity index (χ1) is 11.3. The van der Waals surface area contributed by atoms with Crippen LogP contribution in [0.15, 0.2) is 91.3 Å². The molecule has 0 fully saturated rings. The van der Waals surface area contributed by atoms with Crippen LogP contribution in [0.3, 0.4) is 0 Å². The van der Waals surface area contributed by atoms with Crippen molar-refractivity contribution in [1.29, 1.82) is 0 Å². The molecule has 0 atom stereocenters. The number of hydrogen-bond acceptors (Lipinski definition) is 1. The van der Waals surface area contributed by atoms with Crippen molar-refractivity contribution in [2.75, 3.05) is 0 Å². The Labute approximate surface area is 148 Å². The summed E-state index contributed by atoms with van der Waals surface area (Å²) in [4.78, 5) is 12.1. The molecule has 3 rings (SSSR count). The van der Waals surface area contributed by atoms with Gasteiger partial charge < -0.3 is 12.4 Å². The number of allylic oxidation sites excluding steroid dienone is 1. The van der Waals surface area contributed by atoms with Gasteiger partial charge in [-0.05, 0) is 11.6 Å². The maximum Gasteiger partial charge on any atom is 0.191 e. The van der Waals surface area contributed by atoms with Gasteiger partial charge in [0, 0.05) is 23.6 Å². The molecule has 2 aromatic carbocycles. The number of benzene rings is 2. The quantitative estimate of drug-likeness (QED) is 0.386. The summed E-state index contributed by atoms with van der Waals surface area (Å²) in [6.45, 7) is 0. The summed E-state index contributed by atoms with van der Waals surface area (Å²) in [6.07, 6.45) is 8.25. The Hall–Kier alpha value is -2.71. The monoisotopic (exact) mass is 335 g/mol. The molecule has 0 amide bonds. The van der Waals surface area contributed by atoms with Crippen LogP contribution in [0.4, 0.5) is 0 Å². The third kappa shape index (κ3) is 4.90. The second-order valence-electron chi connectivity index (χ2n) is 5.37. The first-order valence-electron chi connectivity index (χ1n) is 7.62. The van der Waals surface area contributed by atoms with Gasteiger partial charge in [-0.1, -0.05) is 60.7 Å². The fourth-order valence-corrected chi connectivity index (χ4v) is 2.42. The highest BCUT2D eigenvalue weighted by atomic mass is 35.5. The van der Waals surface area contributed by atoms with E-state index in [-0.39, 0.29) is 18.2 Å². The van der Waals surface area contributed by atoms with Crippen LogP contribution in [0.1, 0.15) is 21.5 Å². The molecule has 0 aliphatic heterocycles. The van der Waals surface area contributed by atoms with Gasteiger partial charge >= 0.3 is 0 Å². The van der Waals surface area contributed by atoms with Crippen molar-refractivity contribution in [2.24, 2.45) is 0 Å². The van der Waals surface area contributed by atoms with E-state index >= 15 is 0 Å². The van der Waals surface area contributed by atoms with Crippen LogP contribution in [0.25, 0.3) is 6.20 Å². The molecule has 0 aliphatic rings. The molecule has 0 bridgehead atoms. The number of aromatic nitrogens is 1. The number of nitrogens with zero attached hydrogens (tertiary/aromatic N) is 1. The fourth-order valence-electron chi connectivity index (χ4n) is 2.42. The normalized spacial score (nSPS) is 10.3. The molecule has 1 heterocycles. The van der Waals surface area contributed by atoms with Crippen molar-refractivity contribution in [3.8, 4) is 0 Å². The predicted molar refractivity (Wildman–Crippen MR) is 92.0 cm³/mol. The van der Waals surface area contributed by atoms with Crippen molar-refractivity contribution in [1.82, 2.24) is 0 Å². The van der Waals surface area contributed by atoms with Crippen molar-refractivity contribution in [3.05, 3.63) is 108 Å². The van der Waals surface area contributed by atoms with Crippen molar-refractivity contribution < 1.29 is 21.8 Å². The van der Waals surface area contributed by atoms with E-state index in [4.69, 9.17) is 0 Å². The number of carbonyl (C=O) groups excluding carboxylic acids is 1. The van der Waals surface area contributed by atoms with Crippen molar-refractivity contribution in [2.45, 2.75) is 6.42 Å². The van der Waals surface area contributed by atoms with E-state index < -0.39 is 0 Å². The number of ketones is 1. The molecule has 3 aromatic rings. The standard InChI is InChI=1S/C21H18NO.ClH/c23-21(20-11-5-2-6-12-20)13-15-22-14-7-10-19(17-22)16-18-8-3-1-4-9-18;/h1-15,17H,16H2;1H/q+1;/p-1/b15-13+;. The molecule has 3 heteroatoms. The predicted octanol–water partition coefficient (Wildman–Crippen LogP) is 0.922. The average Bonchev–Trinajstić information content (AvgIpc) is 2.62. The molecule has 0 N–H and O–H groups in total. The number of rotatable bonds is 5. The van der Waals surface area contributed by atoms with Crippen LogP contribution in [-0.4, -0.2) is 5.78 Å². The molecule has 2 nitrogen and oxygen atoms in total. The van der Waals surface area contributed by atoms with Gasteiger partial charge in [-0.3, -0.25) is 4.79 Å². The van der Waals surface area contributed by atoms with E-state index in [0.29, 0.717) is 5.56 Å². The minimum absolute atomic E-state index is 0. The number of pyridine rings is 1. The van der Waals surface area contributed by atoms with Crippen LogP contribution in [0.5, 0.6) is 0 Å². The van der Waals surface area contributed by atoms with E-state index in [1.165, 1.54) is 11.1 Å². The van der Waals surface area contributed by atoms with E-state index in [9.17, 15) is 4.79 Å². The highest BCUT2D eigenvalue weighted by molar-refractivity contribution is 6.05. The van der Waals surface area contributed by atoms with E-state index in [1.807, 2.05) is 71.6 Å². The number of halogens is 1. The van der Waals surface area contributed by atoms with Gasteiger partial charge in [0.15, 0.2) is 24.4 Å². The lowest BCUT2D eigenvalue weighted by Gasteiger charge is -1.99. The van der Waals surface area contributed by atoms with Crippen LogP contribution >= 0.6 is 0 Å². The minimum atomic E-state index is 0. The van der Waals surface area contributed by atoms with E-state index in [0.717, 1.165) is 6.42 Å². The van der Waals surface area contributed by atoms with Gasteiger partial charge in [-0.2, -0.15) is 4.57 Å². The van der Waals surface area contributed by atoms with Gasteiger partial charge in [-0.25, -0.2) is 0 Å². The molecular weight excluding hydrogens is 318 g/mol. The summed E-state index contributed by atoms with van der Waals surface area (Å²) in [5, 5.41) is 0. The molecule has 0 spiro atoms. The first kappa shape index (κ1) is 17.6. The third-order valence-electron chi connectivity index (χ3n) is 3.59. The second kappa shape index (κ2) is 8.80. The lowest BCUT2D eigenvalue weighted by molar-refractivity contribution is -0.568. The van der Waals surface area contributed by atoms with Crippen molar-refractivity contribution >= 4 is 12.0 Å². The summed E-state index contributed by atoms with van der Waals surface area (Å²) >= 11 is 0. The van der Waals surface area contributed by atoms with Crippen LogP contribution in [0.2, 0.25) is 0 Å². The zero-order valence-corrected chi connectivity index (χ0v) is 13.9. The summed E-state index contributed by atoms with van der Waals surface area (Å²) in [7, 11) is 0. The molecule has 1 aromatic heterocycles. The lowest BCUT2D eigenvalue weighted by Crippen LogP contribution is -3.00. The molecular formula is C21H18ClNO. The zero-order valence-electron chi connectivity index (χ0n) is 13.2. The Morgan fingerprint density at radius 3 is 2.17 bits per heavy atom. The smallest absolute Gasteiger partial charge is 0.191 e. The molecule has 0 radical (unpaired) electrons. The second-order valence-corrected chi connectivity index (χ2v) is 5.37. The molecule has 120 valence electrons. The SMILES string of the molecule is O=C(/C=C/[n+]1cccc(Cc2ccccc2)c1)c1ccccc1.[Cl-]. The maximum absolute atomic E-state index is 12.1. The fraction of sp³-hybridized carbons (Fsp3) is 0.0476. The zero-order chi connectivity index (χ0) is 15.9. The van der Waals surface area contributed by atoms with E-state index in [2.05, 4.69) is 18.2 Å². The van der Waals surface area contributed by atoms with E-state index in [1.54, 1.807) is 12.3 Å². The summed E-state index contributed by atoms with van der Waals surface area (Å²) in [5.41, 5.74) is 3.18. The molecule has 0 unspecified atom stereocenters. The summed E-state index contributed by atoms with van der Waals surface area (Å²) in [6, 6.07) is 23.7. The van der Waals surface area contributed by atoms with Gasteiger partial charge in [0.25, 0.3) is 0 Å². The summed E-state index contributed by atoms with van der Waals surface area (Å²) in [5.74, 6) is 0.00608. The van der Waals surface area contributed by atoms with Gasteiger partial charge in [0.2, 0.25) is 0 Å². The Balaban J connectivity index is 0.00000208. The van der Waals surface area contributed by atoms with Gasteiger partial charge in [0.05, 0.1) is 6.08 Å². The summed E-state index contributed by atoms with van der Waals surface area (Å²) < 4.78 is 1.92. The lowest BCUT2D eigenvalue weighted by atomic mass is 10.1. The first-order valence-corrected chi connectivity index (χ1v) is 7.62. The molecule has 0 saturated carbocycles. The van der Waals surface area contributed by atoms with Crippen LogP contribution < -0.4 is 17.0 Å². The highest BCUT2D eigenvalue weighted by Crippen LogP contribution is 2.07. The number of carbonyl (C=O) groups is 1. The van der Waals surface area contributed by atoms with Crippen LogP contribution in [-0.2, 0) is 6.42 Å². The molecule has 24 heavy (non-hydrogen) atoms. The van der Waals surface area contributed by atoms with Gasteiger partial charge in [-0.15, -0.1) is 0 Å². The minimum Gasteiger partial charge on any atom is -1.00 e. The van der Waals surface area contributed by atoms with Gasteiger partial charge in [0.1, 0.15) is 0 Å². The Kier molecular flexibility index (Phi) is 6.47. The molecule has 0 aliphatic carbocycles. The van der Waals surface area contributed by atoms with Crippen molar-refractivity contribution in [3.63, 3.8) is 0 Å². The average molecular weight is 336 g/mol. The highest BCUT2D eigenvalue weighted by Gasteiger charge is 2.04. The topological polar surface area (TPSA) is 20.9 Å².